The number of benzene rings is 1. The number of sulfonamides is 1. The molecular weight excluding hydrogens is 282 g/mol. The maximum Gasteiger partial charge on any atom is 0.243 e. The normalized spacial score (nSPS) is 18.1. The van der Waals surface area contributed by atoms with Gasteiger partial charge >= 0.3 is 0 Å². The molecular formula is C17H27NO2S. The Kier molecular flexibility index (Phi) is 4.79. The molecule has 4 heteroatoms. The van der Waals surface area contributed by atoms with Crippen LogP contribution in [0, 0.1) is 0 Å². The van der Waals surface area contributed by atoms with E-state index >= 15 is 0 Å². The minimum absolute atomic E-state index is 0.0392. The summed E-state index contributed by atoms with van der Waals surface area (Å²) in [6.07, 6.45) is 5.46. The molecule has 0 heterocycles. The fourth-order valence-corrected chi connectivity index (χ4v) is 4.35. The van der Waals surface area contributed by atoms with Gasteiger partial charge in [-0.25, -0.2) is 8.42 Å². The molecule has 0 aliphatic heterocycles. The van der Waals surface area contributed by atoms with Gasteiger partial charge in [-0.15, -0.1) is 0 Å². The zero-order valence-corrected chi connectivity index (χ0v) is 14.4. The fraction of sp³-hybridized carbons (Fsp3) is 0.647. The highest BCUT2D eigenvalue weighted by Crippen LogP contribution is 2.28. The van der Waals surface area contributed by atoms with Crippen molar-refractivity contribution >= 4 is 10.0 Å². The Morgan fingerprint density at radius 1 is 1.00 bits per heavy atom. The van der Waals surface area contributed by atoms with Crippen LogP contribution in [0.25, 0.3) is 0 Å². The van der Waals surface area contributed by atoms with Gasteiger partial charge in [0, 0.05) is 13.1 Å². The van der Waals surface area contributed by atoms with Crippen molar-refractivity contribution in [3.05, 3.63) is 29.8 Å². The van der Waals surface area contributed by atoms with Crippen molar-refractivity contribution in [2.45, 2.75) is 69.2 Å². The second-order valence-electron chi connectivity index (χ2n) is 7.09. The van der Waals surface area contributed by atoms with Crippen LogP contribution < -0.4 is 0 Å². The Bertz CT molecular complexity index is 564. The van der Waals surface area contributed by atoms with Crippen LogP contribution in [0.3, 0.4) is 0 Å². The molecule has 0 unspecified atom stereocenters. The zero-order valence-electron chi connectivity index (χ0n) is 13.6. The lowest BCUT2D eigenvalue weighted by atomic mass is 9.87. The van der Waals surface area contributed by atoms with Crippen molar-refractivity contribution < 1.29 is 8.42 Å². The molecule has 21 heavy (non-hydrogen) atoms. The summed E-state index contributed by atoms with van der Waals surface area (Å²) in [6.45, 7) is 6.39. The summed E-state index contributed by atoms with van der Waals surface area (Å²) >= 11 is 0. The average molecular weight is 309 g/mol. The number of hydrogen-bond acceptors (Lipinski definition) is 2. The average Bonchev–Trinajstić information content (AvgIpc) is 2.46. The molecule has 1 aliphatic rings. The molecule has 0 atom stereocenters. The number of hydrogen-bond donors (Lipinski definition) is 0. The standard InChI is InChI=1S/C17H27NO2S/c1-17(2,3)14-10-12-16(13-11-14)21(19,20)18(4)15-8-6-5-7-9-15/h10-13,15H,5-9H2,1-4H3. The van der Waals surface area contributed by atoms with Crippen LogP contribution in [-0.2, 0) is 15.4 Å². The predicted octanol–water partition coefficient (Wildman–Crippen LogP) is 3.94. The van der Waals surface area contributed by atoms with E-state index in [4.69, 9.17) is 0 Å². The van der Waals surface area contributed by atoms with Gasteiger partial charge in [0.15, 0.2) is 0 Å². The van der Waals surface area contributed by atoms with E-state index in [0.717, 1.165) is 31.2 Å². The Hall–Kier alpha value is -0.870. The SMILES string of the molecule is CN(C1CCCCC1)S(=O)(=O)c1ccc(C(C)(C)C)cc1. The van der Waals surface area contributed by atoms with E-state index in [1.165, 1.54) is 6.42 Å². The summed E-state index contributed by atoms with van der Waals surface area (Å²) in [5.74, 6) is 0. The fourth-order valence-electron chi connectivity index (χ4n) is 2.93. The van der Waals surface area contributed by atoms with Crippen molar-refractivity contribution in [2.75, 3.05) is 7.05 Å². The second-order valence-corrected chi connectivity index (χ2v) is 9.08. The van der Waals surface area contributed by atoms with Crippen LogP contribution in [0.2, 0.25) is 0 Å². The molecule has 1 aromatic carbocycles. The Morgan fingerprint density at radius 3 is 2.00 bits per heavy atom. The summed E-state index contributed by atoms with van der Waals surface area (Å²) in [7, 11) is -1.64. The first-order valence-electron chi connectivity index (χ1n) is 7.81. The molecule has 1 aliphatic carbocycles. The van der Waals surface area contributed by atoms with Gasteiger partial charge in [-0.3, -0.25) is 0 Å². The summed E-state index contributed by atoms with van der Waals surface area (Å²) in [6, 6.07) is 7.51. The first kappa shape index (κ1) is 16.5. The topological polar surface area (TPSA) is 37.4 Å². The molecule has 118 valence electrons. The third-order valence-electron chi connectivity index (χ3n) is 4.49. The van der Waals surface area contributed by atoms with E-state index < -0.39 is 10.0 Å². The maximum atomic E-state index is 12.7. The highest BCUT2D eigenvalue weighted by atomic mass is 32.2. The van der Waals surface area contributed by atoms with Crippen LogP contribution >= 0.6 is 0 Å². The third kappa shape index (κ3) is 3.67. The first-order chi connectivity index (χ1) is 9.73. The minimum Gasteiger partial charge on any atom is -0.207 e. The van der Waals surface area contributed by atoms with Gasteiger partial charge < -0.3 is 0 Å². The minimum atomic E-state index is -3.37. The lowest BCUT2D eigenvalue weighted by molar-refractivity contribution is 0.286. The molecule has 0 spiro atoms. The Morgan fingerprint density at radius 2 is 1.52 bits per heavy atom. The van der Waals surface area contributed by atoms with Gasteiger partial charge in [-0.2, -0.15) is 4.31 Å². The lowest BCUT2D eigenvalue weighted by Gasteiger charge is -2.30. The molecule has 0 aromatic heterocycles. The highest BCUT2D eigenvalue weighted by molar-refractivity contribution is 7.89. The summed E-state index contributed by atoms with van der Waals surface area (Å²) in [5, 5.41) is 0. The monoisotopic (exact) mass is 309 g/mol. The first-order valence-corrected chi connectivity index (χ1v) is 9.25. The van der Waals surface area contributed by atoms with Gasteiger partial charge in [0.2, 0.25) is 10.0 Å². The predicted molar refractivity (Wildman–Crippen MR) is 87.0 cm³/mol. The van der Waals surface area contributed by atoms with Crippen molar-refractivity contribution in [2.24, 2.45) is 0 Å². The molecule has 0 N–H and O–H groups in total. The smallest absolute Gasteiger partial charge is 0.207 e. The largest absolute Gasteiger partial charge is 0.243 e. The molecule has 3 nitrogen and oxygen atoms in total. The van der Waals surface area contributed by atoms with E-state index in [0.29, 0.717) is 4.90 Å². The van der Waals surface area contributed by atoms with Gasteiger partial charge in [0.25, 0.3) is 0 Å². The van der Waals surface area contributed by atoms with Crippen molar-refractivity contribution in [1.29, 1.82) is 0 Å². The quantitative estimate of drug-likeness (QED) is 0.848. The molecule has 1 fully saturated rings. The van der Waals surface area contributed by atoms with Crippen molar-refractivity contribution in [1.82, 2.24) is 4.31 Å². The molecule has 0 bridgehead atoms. The molecule has 1 saturated carbocycles. The number of rotatable bonds is 3. The van der Waals surface area contributed by atoms with Gasteiger partial charge in [-0.05, 0) is 36.0 Å². The Balaban J connectivity index is 2.22. The van der Waals surface area contributed by atoms with Crippen LogP contribution in [0.4, 0.5) is 0 Å². The zero-order chi connectivity index (χ0) is 15.7. The number of nitrogens with zero attached hydrogens (tertiary/aromatic N) is 1. The summed E-state index contributed by atoms with van der Waals surface area (Å²) in [5.41, 5.74) is 1.19. The van der Waals surface area contributed by atoms with Crippen LogP contribution in [0.15, 0.2) is 29.2 Å². The molecule has 0 radical (unpaired) electrons. The van der Waals surface area contributed by atoms with E-state index in [-0.39, 0.29) is 11.5 Å². The van der Waals surface area contributed by atoms with E-state index in [9.17, 15) is 8.42 Å². The van der Waals surface area contributed by atoms with Gasteiger partial charge in [0.1, 0.15) is 0 Å². The molecule has 1 aromatic rings. The van der Waals surface area contributed by atoms with Crippen molar-refractivity contribution in [3.63, 3.8) is 0 Å². The van der Waals surface area contributed by atoms with E-state index in [1.807, 2.05) is 12.1 Å². The second kappa shape index (κ2) is 6.09. The van der Waals surface area contributed by atoms with E-state index in [1.54, 1.807) is 23.5 Å². The van der Waals surface area contributed by atoms with E-state index in [2.05, 4.69) is 20.8 Å². The third-order valence-corrected chi connectivity index (χ3v) is 6.41. The van der Waals surface area contributed by atoms with Crippen LogP contribution in [0.1, 0.15) is 58.4 Å². The van der Waals surface area contributed by atoms with Crippen molar-refractivity contribution in [3.8, 4) is 0 Å². The molecule has 0 amide bonds. The maximum absolute atomic E-state index is 12.7. The molecule has 0 saturated heterocycles. The lowest BCUT2D eigenvalue weighted by Crippen LogP contribution is -2.38. The van der Waals surface area contributed by atoms with Gasteiger partial charge in [0.05, 0.1) is 4.90 Å². The van der Waals surface area contributed by atoms with Gasteiger partial charge in [-0.1, -0.05) is 52.2 Å². The van der Waals surface area contributed by atoms with Crippen LogP contribution in [-0.4, -0.2) is 25.8 Å². The summed E-state index contributed by atoms with van der Waals surface area (Å²) in [4.78, 5) is 0.406. The Labute approximate surface area is 129 Å². The highest BCUT2D eigenvalue weighted by Gasteiger charge is 2.29. The molecule has 2 rings (SSSR count). The van der Waals surface area contributed by atoms with Crippen LogP contribution in [0.5, 0.6) is 0 Å². The summed E-state index contributed by atoms with van der Waals surface area (Å²) < 4.78 is 27.0.